The highest BCUT2D eigenvalue weighted by atomic mass is 16.5. The molecule has 35 heavy (non-hydrogen) atoms. The van der Waals surface area contributed by atoms with E-state index < -0.39 is 11.9 Å². The number of anilines is 1. The van der Waals surface area contributed by atoms with Crippen molar-refractivity contribution in [3.8, 4) is 0 Å². The lowest BCUT2D eigenvalue weighted by Crippen LogP contribution is -2.46. The Morgan fingerprint density at radius 1 is 0.971 bits per heavy atom. The molecule has 0 unspecified atom stereocenters. The zero-order valence-corrected chi connectivity index (χ0v) is 20.1. The van der Waals surface area contributed by atoms with Crippen LogP contribution in [0.15, 0.2) is 60.7 Å². The van der Waals surface area contributed by atoms with Crippen molar-refractivity contribution in [1.82, 2.24) is 9.88 Å². The van der Waals surface area contributed by atoms with Gasteiger partial charge in [0.1, 0.15) is 5.82 Å². The van der Waals surface area contributed by atoms with Gasteiger partial charge in [-0.25, -0.2) is 14.6 Å². The molecule has 1 saturated heterocycles. The number of ether oxygens (including phenoxy) is 1. The number of carbonyl (C=O) groups is 2. The van der Waals surface area contributed by atoms with Crippen molar-refractivity contribution in [2.45, 2.75) is 6.92 Å². The first-order valence-corrected chi connectivity index (χ1v) is 11.5. The number of carboxylic acid groups (broad SMARTS) is 2. The first-order chi connectivity index (χ1) is 16.9. The number of pyridine rings is 1. The fraction of sp³-hybridized carbons (Fsp3) is 0.296. The maximum atomic E-state index is 9.10. The largest absolute Gasteiger partial charge is 0.473 e. The smallest absolute Gasteiger partial charge is 0.414 e. The van der Waals surface area contributed by atoms with Crippen molar-refractivity contribution >= 4 is 40.2 Å². The van der Waals surface area contributed by atoms with Crippen LogP contribution >= 0.6 is 0 Å². The number of rotatable bonds is 6. The van der Waals surface area contributed by atoms with Gasteiger partial charge in [-0.1, -0.05) is 61.5 Å². The number of nitrogens with zero attached hydrogens (tertiary/aromatic N) is 3. The van der Waals surface area contributed by atoms with Crippen LogP contribution in [0.5, 0.6) is 0 Å². The minimum atomic E-state index is -1.82. The Hall–Kier alpha value is -3.75. The van der Waals surface area contributed by atoms with Gasteiger partial charge >= 0.3 is 11.9 Å². The first kappa shape index (κ1) is 25.9. The monoisotopic (exact) mass is 477 g/mol. The van der Waals surface area contributed by atoms with E-state index in [4.69, 9.17) is 29.5 Å². The molecule has 0 atom stereocenters. The topological polar surface area (TPSA) is 103 Å². The Bertz CT molecular complexity index is 1160. The van der Waals surface area contributed by atoms with E-state index in [1.807, 2.05) is 6.07 Å². The summed E-state index contributed by atoms with van der Waals surface area (Å²) in [5.41, 5.74) is 3.28. The Balaban J connectivity index is 0.000000509. The SMILES string of the molecule is CCN1CCN(c2nc(C=C(COC)c3ccccc3)cc3ccccc23)CC1.O=C(O)C(=O)O. The molecule has 1 aliphatic rings. The molecule has 4 rings (SSSR count). The van der Waals surface area contributed by atoms with Gasteiger partial charge in [0.25, 0.3) is 0 Å². The van der Waals surface area contributed by atoms with Crippen LogP contribution in [0.25, 0.3) is 22.4 Å². The second-order valence-electron chi connectivity index (χ2n) is 8.09. The summed E-state index contributed by atoms with van der Waals surface area (Å²) in [4.78, 5) is 28.2. The molecule has 1 aromatic heterocycles. The van der Waals surface area contributed by atoms with Gasteiger partial charge < -0.3 is 24.7 Å². The number of fused-ring (bicyclic) bond motifs is 1. The quantitative estimate of drug-likeness (QED) is 0.518. The molecule has 8 heteroatoms. The van der Waals surface area contributed by atoms with Crippen LogP contribution in [0.1, 0.15) is 18.2 Å². The number of hydrogen-bond acceptors (Lipinski definition) is 6. The van der Waals surface area contributed by atoms with E-state index in [-0.39, 0.29) is 0 Å². The van der Waals surface area contributed by atoms with E-state index in [0.29, 0.717) is 6.61 Å². The normalized spacial score (nSPS) is 14.3. The maximum Gasteiger partial charge on any atom is 0.414 e. The second-order valence-corrected chi connectivity index (χ2v) is 8.09. The Kier molecular flexibility index (Phi) is 9.34. The molecule has 0 amide bonds. The average Bonchev–Trinajstić information content (AvgIpc) is 2.89. The number of methoxy groups -OCH3 is 1. The van der Waals surface area contributed by atoms with Crippen molar-refractivity contribution in [2.75, 3.05) is 51.3 Å². The maximum absolute atomic E-state index is 9.10. The van der Waals surface area contributed by atoms with E-state index in [1.54, 1.807) is 7.11 Å². The van der Waals surface area contributed by atoms with Gasteiger partial charge in [-0.2, -0.15) is 0 Å². The molecule has 184 valence electrons. The molecule has 0 saturated carbocycles. The van der Waals surface area contributed by atoms with Gasteiger partial charge in [0.15, 0.2) is 0 Å². The molecule has 0 spiro atoms. The first-order valence-electron chi connectivity index (χ1n) is 11.5. The van der Waals surface area contributed by atoms with Crippen LogP contribution in [0.4, 0.5) is 5.82 Å². The predicted molar refractivity (Wildman–Crippen MR) is 138 cm³/mol. The third-order valence-corrected chi connectivity index (χ3v) is 5.81. The van der Waals surface area contributed by atoms with Crippen molar-refractivity contribution in [2.24, 2.45) is 0 Å². The second kappa shape index (κ2) is 12.6. The Labute approximate surface area is 205 Å². The van der Waals surface area contributed by atoms with E-state index in [9.17, 15) is 0 Å². The molecule has 8 nitrogen and oxygen atoms in total. The molecule has 0 bridgehead atoms. The van der Waals surface area contributed by atoms with Gasteiger partial charge in [-0.15, -0.1) is 0 Å². The minimum absolute atomic E-state index is 0.559. The Morgan fingerprint density at radius 3 is 2.20 bits per heavy atom. The van der Waals surface area contributed by atoms with Crippen LogP contribution in [0.3, 0.4) is 0 Å². The summed E-state index contributed by atoms with van der Waals surface area (Å²) in [5, 5.41) is 17.2. The number of carboxylic acids is 2. The summed E-state index contributed by atoms with van der Waals surface area (Å²) in [6.45, 7) is 8.11. The molecule has 2 aromatic carbocycles. The number of piperazine rings is 1. The van der Waals surface area contributed by atoms with Crippen molar-refractivity contribution in [3.05, 3.63) is 71.9 Å². The summed E-state index contributed by atoms with van der Waals surface area (Å²) < 4.78 is 5.48. The lowest BCUT2D eigenvalue weighted by molar-refractivity contribution is -0.159. The van der Waals surface area contributed by atoms with E-state index in [2.05, 4.69) is 77.4 Å². The van der Waals surface area contributed by atoms with E-state index in [1.165, 1.54) is 16.3 Å². The summed E-state index contributed by atoms with van der Waals surface area (Å²) in [6, 6.07) is 21.1. The molecule has 3 aromatic rings. The number of benzene rings is 2. The molecule has 0 aliphatic carbocycles. The molecule has 2 N–H and O–H groups in total. The third-order valence-electron chi connectivity index (χ3n) is 5.81. The lowest BCUT2D eigenvalue weighted by atomic mass is 10.0. The molecule has 2 heterocycles. The molecule has 0 radical (unpaired) electrons. The fourth-order valence-corrected chi connectivity index (χ4v) is 3.99. The van der Waals surface area contributed by atoms with Gasteiger partial charge in [-0.3, -0.25) is 0 Å². The van der Waals surface area contributed by atoms with Crippen LogP contribution in [-0.4, -0.2) is 78.5 Å². The van der Waals surface area contributed by atoms with Crippen LogP contribution in [0.2, 0.25) is 0 Å². The van der Waals surface area contributed by atoms with Gasteiger partial charge in [0.05, 0.1) is 12.3 Å². The number of aliphatic carboxylic acids is 2. The van der Waals surface area contributed by atoms with E-state index >= 15 is 0 Å². The van der Waals surface area contributed by atoms with Crippen molar-refractivity contribution < 1.29 is 24.5 Å². The predicted octanol–water partition coefficient (Wildman–Crippen LogP) is 3.72. The highest BCUT2D eigenvalue weighted by Crippen LogP contribution is 2.28. The van der Waals surface area contributed by atoms with Crippen molar-refractivity contribution in [1.29, 1.82) is 0 Å². The molecule has 1 aliphatic heterocycles. The minimum Gasteiger partial charge on any atom is -0.473 e. The van der Waals surface area contributed by atoms with Crippen LogP contribution < -0.4 is 4.90 Å². The number of likely N-dealkylation sites (N-methyl/N-ethyl adjacent to an activating group) is 1. The highest BCUT2D eigenvalue weighted by molar-refractivity contribution is 6.27. The summed E-state index contributed by atoms with van der Waals surface area (Å²) in [7, 11) is 1.74. The highest BCUT2D eigenvalue weighted by Gasteiger charge is 2.19. The third kappa shape index (κ3) is 7.11. The lowest BCUT2D eigenvalue weighted by Gasteiger charge is -2.35. The van der Waals surface area contributed by atoms with Gasteiger partial charge in [0.2, 0.25) is 0 Å². The zero-order valence-electron chi connectivity index (χ0n) is 20.1. The van der Waals surface area contributed by atoms with Gasteiger partial charge in [0, 0.05) is 38.7 Å². The summed E-state index contributed by atoms with van der Waals surface area (Å²) in [6.07, 6.45) is 2.16. The van der Waals surface area contributed by atoms with E-state index in [0.717, 1.165) is 49.8 Å². The molecular formula is C27H31N3O5. The Morgan fingerprint density at radius 2 is 1.60 bits per heavy atom. The zero-order chi connectivity index (χ0) is 25.2. The number of aromatic nitrogens is 1. The number of hydrogen-bond donors (Lipinski definition) is 2. The standard InChI is InChI=1S/C25H29N3O.C2H2O4/c1-3-27-13-15-28(16-14-27)25-24-12-8-7-11-21(24)17-23(26-25)18-22(19-29-2)20-9-5-4-6-10-20;3-1(4)2(5)6/h4-12,17-18H,3,13-16,19H2,1-2H3;(H,3,4)(H,5,6). The van der Waals surface area contributed by atoms with Crippen molar-refractivity contribution in [3.63, 3.8) is 0 Å². The fourth-order valence-electron chi connectivity index (χ4n) is 3.99. The molecular weight excluding hydrogens is 446 g/mol. The van der Waals surface area contributed by atoms with Crippen LogP contribution in [0, 0.1) is 0 Å². The van der Waals surface area contributed by atoms with Gasteiger partial charge in [-0.05, 0) is 35.2 Å². The average molecular weight is 478 g/mol. The summed E-state index contributed by atoms with van der Waals surface area (Å²) in [5.74, 6) is -2.56. The van der Waals surface area contributed by atoms with Crippen LogP contribution in [-0.2, 0) is 14.3 Å². The summed E-state index contributed by atoms with van der Waals surface area (Å²) >= 11 is 0. The molecule has 1 fully saturated rings.